The highest BCUT2D eigenvalue weighted by atomic mass is 16.5. The van der Waals surface area contributed by atoms with E-state index in [4.69, 9.17) is 4.74 Å². The van der Waals surface area contributed by atoms with Gasteiger partial charge in [-0.15, -0.1) is 0 Å². The molecule has 2 unspecified atom stereocenters. The van der Waals surface area contributed by atoms with Crippen LogP contribution in [0.2, 0.25) is 0 Å². The number of carbonyl (C=O) groups excluding carboxylic acids is 1. The van der Waals surface area contributed by atoms with Gasteiger partial charge in [0.2, 0.25) is 5.91 Å². The van der Waals surface area contributed by atoms with E-state index in [1.807, 2.05) is 0 Å². The van der Waals surface area contributed by atoms with Crippen molar-refractivity contribution in [3.05, 3.63) is 0 Å². The smallest absolute Gasteiger partial charge is 0.227 e. The zero-order valence-electron chi connectivity index (χ0n) is 11.2. The first-order chi connectivity index (χ1) is 8.75. The molecule has 1 aliphatic heterocycles. The molecule has 2 saturated carbocycles. The molecule has 0 aromatic carbocycles. The van der Waals surface area contributed by atoms with Crippen molar-refractivity contribution in [2.24, 2.45) is 17.3 Å². The Morgan fingerprint density at radius 1 is 1.33 bits per heavy atom. The molecule has 2 atom stereocenters. The van der Waals surface area contributed by atoms with Gasteiger partial charge in [-0.1, -0.05) is 6.92 Å². The summed E-state index contributed by atoms with van der Waals surface area (Å²) in [6.07, 6.45) is 5.39. The molecule has 2 aliphatic carbocycles. The Bertz CT molecular complexity index is 324. The first-order valence-electron chi connectivity index (χ1n) is 7.34. The summed E-state index contributed by atoms with van der Waals surface area (Å²) < 4.78 is 5.43. The lowest BCUT2D eigenvalue weighted by atomic mass is 9.99. The Morgan fingerprint density at radius 2 is 2.11 bits per heavy atom. The molecule has 18 heavy (non-hydrogen) atoms. The van der Waals surface area contributed by atoms with Crippen LogP contribution in [-0.4, -0.2) is 38.3 Å². The molecular formula is C14H24N2O2. The first kappa shape index (κ1) is 12.4. The topological polar surface area (TPSA) is 50.4 Å². The lowest BCUT2D eigenvalue weighted by Crippen LogP contribution is -2.45. The molecule has 1 heterocycles. The van der Waals surface area contributed by atoms with Gasteiger partial charge in [0, 0.05) is 12.6 Å². The third-order valence-electron chi connectivity index (χ3n) is 4.83. The molecule has 1 amide bonds. The quantitative estimate of drug-likeness (QED) is 0.739. The molecule has 3 rings (SSSR count). The van der Waals surface area contributed by atoms with E-state index in [2.05, 4.69) is 17.6 Å². The highest BCUT2D eigenvalue weighted by molar-refractivity contribution is 5.80. The number of likely N-dealkylation sites (N-methyl/N-ethyl adjacent to an activating group) is 1. The number of nitrogens with one attached hydrogen (secondary N) is 2. The van der Waals surface area contributed by atoms with Crippen LogP contribution in [0, 0.1) is 17.3 Å². The predicted molar refractivity (Wildman–Crippen MR) is 69.2 cm³/mol. The molecule has 0 aromatic heterocycles. The molecule has 4 heteroatoms. The molecule has 2 N–H and O–H groups in total. The molecule has 0 radical (unpaired) electrons. The molecular weight excluding hydrogens is 228 g/mol. The second-order valence-corrected chi connectivity index (χ2v) is 6.16. The van der Waals surface area contributed by atoms with E-state index in [9.17, 15) is 4.79 Å². The minimum absolute atomic E-state index is 0.0000435. The van der Waals surface area contributed by atoms with E-state index in [1.54, 1.807) is 0 Å². The monoisotopic (exact) mass is 252 g/mol. The summed E-state index contributed by atoms with van der Waals surface area (Å²) in [6, 6.07) is 0.200. The standard InChI is InChI=1S/C14H24N2O2/c1-2-15-12-8-18-7-11(12)13(17)16-9-14(5-6-14)10-3-4-10/h10-12,15H,2-9H2,1H3,(H,16,17). The SMILES string of the molecule is CCNC1COCC1C(=O)NCC1(C2CC2)CC1. The molecule has 0 bridgehead atoms. The van der Waals surface area contributed by atoms with Gasteiger partial charge in [-0.2, -0.15) is 0 Å². The van der Waals surface area contributed by atoms with Crippen LogP contribution < -0.4 is 10.6 Å². The van der Waals surface area contributed by atoms with Crippen LogP contribution in [0.1, 0.15) is 32.6 Å². The number of hydrogen-bond donors (Lipinski definition) is 2. The molecule has 0 spiro atoms. The van der Waals surface area contributed by atoms with Crippen molar-refractivity contribution in [2.45, 2.75) is 38.6 Å². The highest BCUT2D eigenvalue weighted by Crippen LogP contribution is 2.60. The number of carbonyl (C=O) groups is 1. The lowest BCUT2D eigenvalue weighted by molar-refractivity contribution is -0.125. The molecule has 0 aromatic rings. The summed E-state index contributed by atoms with van der Waals surface area (Å²) in [5.74, 6) is 1.09. The number of hydrogen-bond acceptors (Lipinski definition) is 3. The second kappa shape index (κ2) is 4.82. The number of amides is 1. The fraction of sp³-hybridized carbons (Fsp3) is 0.929. The van der Waals surface area contributed by atoms with Crippen molar-refractivity contribution in [1.29, 1.82) is 0 Å². The van der Waals surface area contributed by atoms with Crippen LogP contribution in [0.4, 0.5) is 0 Å². The van der Waals surface area contributed by atoms with E-state index in [0.717, 1.165) is 19.0 Å². The predicted octanol–water partition coefficient (Wildman–Crippen LogP) is 0.917. The van der Waals surface area contributed by atoms with E-state index in [1.165, 1.54) is 25.7 Å². The van der Waals surface area contributed by atoms with Crippen molar-refractivity contribution < 1.29 is 9.53 Å². The van der Waals surface area contributed by atoms with Gasteiger partial charge in [0.05, 0.1) is 19.1 Å². The van der Waals surface area contributed by atoms with Gasteiger partial charge in [-0.3, -0.25) is 4.79 Å². The van der Waals surface area contributed by atoms with E-state index < -0.39 is 0 Å². The van der Waals surface area contributed by atoms with E-state index in [0.29, 0.717) is 18.6 Å². The average Bonchev–Trinajstić information content (AvgIpc) is 3.25. The fourth-order valence-corrected chi connectivity index (χ4v) is 3.26. The van der Waals surface area contributed by atoms with Crippen LogP contribution in [0.5, 0.6) is 0 Å². The van der Waals surface area contributed by atoms with Crippen LogP contribution in [0.3, 0.4) is 0 Å². The summed E-state index contributed by atoms with van der Waals surface area (Å²) in [5.41, 5.74) is 0.489. The molecule has 102 valence electrons. The minimum Gasteiger partial charge on any atom is -0.379 e. The maximum atomic E-state index is 12.2. The van der Waals surface area contributed by atoms with Crippen LogP contribution in [0.25, 0.3) is 0 Å². The fourth-order valence-electron chi connectivity index (χ4n) is 3.26. The van der Waals surface area contributed by atoms with Gasteiger partial charge in [-0.25, -0.2) is 0 Å². The third-order valence-corrected chi connectivity index (χ3v) is 4.83. The maximum absolute atomic E-state index is 12.2. The lowest BCUT2D eigenvalue weighted by Gasteiger charge is -2.20. The summed E-state index contributed by atoms with van der Waals surface area (Å²) in [6.45, 7) is 5.09. The average molecular weight is 252 g/mol. The first-order valence-corrected chi connectivity index (χ1v) is 7.34. The van der Waals surface area contributed by atoms with Gasteiger partial charge in [-0.05, 0) is 43.6 Å². The Hall–Kier alpha value is -0.610. The van der Waals surface area contributed by atoms with Gasteiger partial charge < -0.3 is 15.4 Å². The van der Waals surface area contributed by atoms with Crippen molar-refractivity contribution in [3.8, 4) is 0 Å². The minimum atomic E-state index is -0.0000435. The zero-order valence-corrected chi connectivity index (χ0v) is 11.2. The van der Waals surface area contributed by atoms with Gasteiger partial charge in [0.1, 0.15) is 0 Å². The summed E-state index contributed by atoms with van der Waals surface area (Å²) in [4.78, 5) is 12.2. The van der Waals surface area contributed by atoms with E-state index in [-0.39, 0.29) is 17.9 Å². The molecule has 3 fully saturated rings. The van der Waals surface area contributed by atoms with Gasteiger partial charge >= 0.3 is 0 Å². The number of ether oxygens (including phenoxy) is 1. The Morgan fingerprint density at radius 3 is 2.72 bits per heavy atom. The summed E-state index contributed by atoms with van der Waals surface area (Å²) >= 11 is 0. The molecule has 3 aliphatic rings. The molecule has 1 saturated heterocycles. The van der Waals surface area contributed by atoms with Gasteiger partial charge in [0.25, 0.3) is 0 Å². The highest BCUT2D eigenvalue weighted by Gasteiger charge is 2.53. The number of rotatable bonds is 6. The molecule has 4 nitrogen and oxygen atoms in total. The second-order valence-electron chi connectivity index (χ2n) is 6.16. The Kier molecular flexibility index (Phi) is 3.32. The summed E-state index contributed by atoms with van der Waals surface area (Å²) in [5, 5.41) is 6.52. The third kappa shape index (κ3) is 2.41. The van der Waals surface area contributed by atoms with Crippen molar-refractivity contribution in [3.63, 3.8) is 0 Å². The normalized spacial score (nSPS) is 33.4. The Labute approximate surface area is 109 Å². The largest absolute Gasteiger partial charge is 0.379 e. The van der Waals surface area contributed by atoms with Crippen LogP contribution >= 0.6 is 0 Å². The van der Waals surface area contributed by atoms with Crippen molar-refractivity contribution in [1.82, 2.24) is 10.6 Å². The Balaban J connectivity index is 1.48. The summed E-state index contributed by atoms with van der Waals surface area (Å²) in [7, 11) is 0. The van der Waals surface area contributed by atoms with E-state index >= 15 is 0 Å². The van der Waals surface area contributed by atoms with Crippen LogP contribution in [0.15, 0.2) is 0 Å². The van der Waals surface area contributed by atoms with Crippen molar-refractivity contribution in [2.75, 3.05) is 26.3 Å². The van der Waals surface area contributed by atoms with Crippen LogP contribution in [-0.2, 0) is 9.53 Å². The van der Waals surface area contributed by atoms with Crippen molar-refractivity contribution >= 4 is 5.91 Å². The zero-order chi connectivity index (χ0) is 12.6. The maximum Gasteiger partial charge on any atom is 0.227 e. The van der Waals surface area contributed by atoms with Gasteiger partial charge in [0.15, 0.2) is 0 Å².